The van der Waals surface area contributed by atoms with E-state index < -0.39 is 6.10 Å². The number of rotatable bonds is 4. The van der Waals surface area contributed by atoms with E-state index in [9.17, 15) is 4.79 Å². The van der Waals surface area contributed by atoms with Crippen LogP contribution in [0.3, 0.4) is 0 Å². The highest BCUT2D eigenvalue weighted by Crippen LogP contribution is 2.23. The van der Waals surface area contributed by atoms with Gasteiger partial charge in [-0.3, -0.25) is 0 Å². The van der Waals surface area contributed by atoms with Crippen molar-refractivity contribution in [1.29, 1.82) is 0 Å². The van der Waals surface area contributed by atoms with Crippen LogP contribution in [-0.4, -0.2) is 44.3 Å². The zero-order valence-electron chi connectivity index (χ0n) is 11.7. The number of nitrogen functional groups attached to an aromatic ring is 1. The Balaban J connectivity index is 1.70. The predicted octanol–water partition coefficient (Wildman–Crippen LogP) is 0.519. The highest BCUT2D eigenvalue weighted by molar-refractivity contribution is 5.81. The first-order valence-electron chi connectivity index (χ1n) is 6.92. The molecule has 21 heavy (non-hydrogen) atoms. The number of ether oxygens (including phenoxy) is 2. The van der Waals surface area contributed by atoms with Gasteiger partial charge in [-0.05, 0) is 19.8 Å². The van der Waals surface area contributed by atoms with Crippen molar-refractivity contribution < 1.29 is 14.3 Å². The lowest BCUT2D eigenvalue weighted by Crippen LogP contribution is -2.25. The molecule has 2 aromatic heterocycles. The first kappa shape index (κ1) is 13.7. The van der Waals surface area contributed by atoms with E-state index in [1.165, 1.54) is 6.33 Å². The third kappa shape index (κ3) is 2.66. The van der Waals surface area contributed by atoms with Crippen molar-refractivity contribution >= 4 is 23.0 Å². The van der Waals surface area contributed by atoms with E-state index >= 15 is 0 Å². The summed E-state index contributed by atoms with van der Waals surface area (Å²) < 4.78 is 12.6. The van der Waals surface area contributed by atoms with Crippen LogP contribution in [0, 0.1) is 0 Å². The molecule has 8 nitrogen and oxygen atoms in total. The molecule has 2 atom stereocenters. The summed E-state index contributed by atoms with van der Waals surface area (Å²) >= 11 is 0. The lowest BCUT2D eigenvalue weighted by molar-refractivity contribution is -0.155. The molecule has 0 bridgehead atoms. The molecule has 112 valence electrons. The van der Waals surface area contributed by atoms with E-state index in [4.69, 9.17) is 15.2 Å². The number of aromatic nitrogens is 4. The maximum Gasteiger partial charge on any atom is 0.335 e. The molecule has 1 saturated heterocycles. The number of esters is 1. The molecule has 0 unspecified atom stereocenters. The zero-order chi connectivity index (χ0) is 14.8. The van der Waals surface area contributed by atoms with E-state index in [0.29, 0.717) is 36.6 Å². The normalized spacial score (nSPS) is 21.8. The van der Waals surface area contributed by atoms with Crippen molar-refractivity contribution in [3.63, 3.8) is 0 Å². The van der Waals surface area contributed by atoms with Crippen LogP contribution in [0.1, 0.15) is 19.8 Å². The van der Waals surface area contributed by atoms with Crippen molar-refractivity contribution in [2.24, 2.45) is 0 Å². The van der Waals surface area contributed by atoms with Crippen molar-refractivity contribution in [2.75, 3.05) is 12.3 Å². The van der Waals surface area contributed by atoms with Gasteiger partial charge in [0.15, 0.2) is 17.6 Å². The van der Waals surface area contributed by atoms with Crippen molar-refractivity contribution in [3.8, 4) is 0 Å². The summed E-state index contributed by atoms with van der Waals surface area (Å²) in [4.78, 5) is 24.0. The van der Waals surface area contributed by atoms with Gasteiger partial charge in [0.1, 0.15) is 11.8 Å². The predicted molar refractivity (Wildman–Crippen MR) is 74.3 cm³/mol. The van der Waals surface area contributed by atoms with Gasteiger partial charge in [-0.2, -0.15) is 0 Å². The highest BCUT2D eigenvalue weighted by atomic mass is 16.6. The minimum atomic E-state index is -0.468. The number of anilines is 1. The first-order chi connectivity index (χ1) is 10.2. The van der Waals surface area contributed by atoms with Gasteiger partial charge in [0.05, 0.1) is 25.6 Å². The van der Waals surface area contributed by atoms with E-state index in [1.54, 1.807) is 13.3 Å². The molecule has 1 fully saturated rings. The van der Waals surface area contributed by atoms with Crippen LogP contribution in [0.5, 0.6) is 0 Å². The van der Waals surface area contributed by atoms with Crippen molar-refractivity contribution in [2.45, 2.75) is 38.5 Å². The van der Waals surface area contributed by atoms with E-state index in [2.05, 4.69) is 15.0 Å². The fourth-order valence-corrected chi connectivity index (χ4v) is 2.50. The topological polar surface area (TPSA) is 105 Å². The summed E-state index contributed by atoms with van der Waals surface area (Å²) in [5.41, 5.74) is 7.01. The number of hydrogen-bond acceptors (Lipinski definition) is 7. The Bertz CT molecular complexity index is 656. The first-order valence-corrected chi connectivity index (χ1v) is 6.92. The van der Waals surface area contributed by atoms with Crippen LogP contribution in [0.4, 0.5) is 5.82 Å². The summed E-state index contributed by atoms with van der Waals surface area (Å²) in [6, 6.07) is 0. The number of nitrogens with two attached hydrogens (primary N) is 1. The molecule has 0 spiro atoms. The fourth-order valence-electron chi connectivity index (χ4n) is 2.50. The standard InChI is InChI=1S/C13H17N5O3/c1-2-20-13(19)9-4-3-8(21-9)5-18-7-17-10-11(14)15-6-16-12(10)18/h6-9H,2-5H2,1H3,(H2,14,15,16)/t8-,9+/m1/s1. The summed E-state index contributed by atoms with van der Waals surface area (Å²) in [6.07, 6.45) is 4.01. The molecule has 3 heterocycles. The highest BCUT2D eigenvalue weighted by Gasteiger charge is 2.32. The van der Waals surface area contributed by atoms with Crippen LogP contribution < -0.4 is 5.73 Å². The number of imidazole rings is 1. The molecule has 2 N–H and O–H groups in total. The van der Waals surface area contributed by atoms with Gasteiger partial charge >= 0.3 is 5.97 Å². The van der Waals surface area contributed by atoms with E-state index in [-0.39, 0.29) is 12.1 Å². The number of hydrogen-bond donors (Lipinski definition) is 1. The lowest BCUT2D eigenvalue weighted by atomic mass is 10.2. The minimum absolute atomic E-state index is 0.0620. The minimum Gasteiger partial charge on any atom is -0.464 e. The summed E-state index contributed by atoms with van der Waals surface area (Å²) in [5, 5.41) is 0. The maximum absolute atomic E-state index is 11.6. The lowest BCUT2D eigenvalue weighted by Gasteiger charge is -2.13. The molecule has 1 aliphatic heterocycles. The van der Waals surface area contributed by atoms with Gasteiger partial charge in [-0.25, -0.2) is 19.7 Å². The van der Waals surface area contributed by atoms with Crippen LogP contribution >= 0.6 is 0 Å². The number of carbonyl (C=O) groups excluding carboxylic acids is 1. The Morgan fingerprint density at radius 1 is 1.48 bits per heavy atom. The average Bonchev–Trinajstić information content (AvgIpc) is 3.08. The molecule has 0 aromatic carbocycles. The second-order valence-electron chi connectivity index (χ2n) is 4.90. The Kier molecular flexibility index (Phi) is 3.70. The molecule has 0 radical (unpaired) electrons. The zero-order valence-corrected chi connectivity index (χ0v) is 11.7. The number of carbonyl (C=O) groups is 1. The Labute approximate surface area is 121 Å². The van der Waals surface area contributed by atoms with Gasteiger partial charge < -0.3 is 19.8 Å². The Hall–Kier alpha value is -2.22. The molecule has 3 rings (SSSR count). The fraction of sp³-hybridized carbons (Fsp3) is 0.538. The molecule has 8 heteroatoms. The smallest absolute Gasteiger partial charge is 0.335 e. The van der Waals surface area contributed by atoms with Gasteiger partial charge in [0.2, 0.25) is 0 Å². The van der Waals surface area contributed by atoms with Crippen LogP contribution in [0.15, 0.2) is 12.7 Å². The van der Waals surface area contributed by atoms with Gasteiger partial charge in [0.25, 0.3) is 0 Å². The van der Waals surface area contributed by atoms with Gasteiger partial charge in [0, 0.05) is 0 Å². The molecule has 2 aromatic rings. The quantitative estimate of drug-likeness (QED) is 0.818. The van der Waals surface area contributed by atoms with E-state index in [1.807, 2.05) is 4.57 Å². The molecule has 1 aliphatic rings. The maximum atomic E-state index is 11.6. The van der Waals surface area contributed by atoms with Gasteiger partial charge in [-0.1, -0.05) is 0 Å². The second-order valence-corrected chi connectivity index (χ2v) is 4.90. The van der Waals surface area contributed by atoms with Gasteiger partial charge in [-0.15, -0.1) is 0 Å². The molecule has 0 saturated carbocycles. The SMILES string of the molecule is CCOC(=O)[C@@H]1CC[C@H](Cn2cnc3c(N)ncnc32)O1. The van der Waals surface area contributed by atoms with Crippen molar-refractivity contribution in [3.05, 3.63) is 12.7 Å². The molecule has 0 aliphatic carbocycles. The Morgan fingerprint density at radius 3 is 3.14 bits per heavy atom. The number of fused-ring (bicyclic) bond motifs is 1. The largest absolute Gasteiger partial charge is 0.464 e. The van der Waals surface area contributed by atoms with E-state index in [0.717, 1.165) is 6.42 Å². The van der Waals surface area contributed by atoms with Crippen LogP contribution in [0.25, 0.3) is 11.2 Å². The third-order valence-corrected chi connectivity index (χ3v) is 3.49. The second kappa shape index (κ2) is 5.65. The molecular weight excluding hydrogens is 274 g/mol. The molecule has 0 amide bonds. The van der Waals surface area contributed by atoms with Crippen LogP contribution in [0.2, 0.25) is 0 Å². The summed E-state index contributed by atoms with van der Waals surface area (Å²) in [6.45, 7) is 2.72. The number of nitrogens with zero attached hydrogens (tertiary/aromatic N) is 4. The average molecular weight is 291 g/mol. The summed E-state index contributed by atoms with van der Waals surface area (Å²) in [5.74, 6) is 0.0672. The Morgan fingerprint density at radius 2 is 2.33 bits per heavy atom. The van der Waals surface area contributed by atoms with Crippen molar-refractivity contribution in [1.82, 2.24) is 19.5 Å². The monoisotopic (exact) mass is 291 g/mol. The summed E-state index contributed by atoms with van der Waals surface area (Å²) in [7, 11) is 0. The molecular formula is C13H17N5O3. The van der Waals surface area contributed by atoms with Crippen LogP contribution in [-0.2, 0) is 20.8 Å². The third-order valence-electron chi connectivity index (χ3n) is 3.49.